The molecule has 104 valence electrons. The number of carbonyl (C=O) groups excluding carboxylic acids is 2. The fourth-order valence-corrected chi connectivity index (χ4v) is 2.72. The van der Waals surface area contributed by atoms with Crippen molar-refractivity contribution in [2.24, 2.45) is 0 Å². The van der Waals surface area contributed by atoms with Crippen molar-refractivity contribution in [3.05, 3.63) is 28.2 Å². The third kappa shape index (κ3) is 6.11. The average Bonchev–Trinajstić information content (AvgIpc) is 2.35. The van der Waals surface area contributed by atoms with E-state index in [4.69, 9.17) is 0 Å². The highest BCUT2D eigenvalue weighted by atomic mass is 79.9. The molecule has 0 unspecified atom stereocenters. The SMILES string of the molecule is CCNC(=O)CNC(=O)CSc1ccc(Br)cc1C. The van der Waals surface area contributed by atoms with Gasteiger partial charge in [0.05, 0.1) is 12.3 Å². The van der Waals surface area contributed by atoms with Crippen LogP contribution in [0.2, 0.25) is 0 Å². The Kier molecular flexibility index (Phi) is 6.94. The van der Waals surface area contributed by atoms with E-state index in [1.54, 1.807) is 0 Å². The Hall–Kier alpha value is -1.01. The summed E-state index contributed by atoms with van der Waals surface area (Å²) in [7, 11) is 0. The van der Waals surface area contributed by atoms with Gasteiger partial charge in [-0.05, 0) is 37.6 Å². The predicted octanol–water partition coefficient (Wildman–Crippen LogP) is 2.10. The second-order valence-corrected chi connectivity index (χ2v) is 5.86. The number of nitrogens with one attached hydrogen (secondary N) is 2. The molecule has 0 aromatic heterocycles. The van der Waals surface area contributed by atoms with Gasteiger partial charge >= 0.3 is 0 Å². The van der Waals surface area contributed by atoms with E-state index >= 15 is 0 Å². The fourth-order valence-electron chi connectivity index (χ4n) is 1.41. The van der Waals surface area contributed by atoms with E-state index < -0.39 is 0 Å². The predicted molar refractivity (Wildman–Crippen MR) is 81.3 cm³/mol. The first kappa shape index (κ1) is 16.0. The lowest BCUT2D eigenvalue weighted by molar-refractivity contribution is -0.124. The van der Waals surface area contributed by atoms with Gasteiger partial charge in [0.1, 0.15) is 0 Å². The quantitative estimate of drug-likeness (QED) is 0.777. The van der Waals surface area contributed by atoms with Crippen LogP contribution in [-0.2, 0) is 9.59 Å². The lowest BCUT2D eigenvalue weighted by Crippen LogP contribution is -2.37. The van der Waals surface area contributed by atoms with Crippen LogP contribution in [0.15, 0.2) is 27.6 Å². The minimum atomic E-state index is -0.166. The zero-order chi connectivity index (χ0) is 14.3. The van der Waals surface area contributed by atoms with Gasteiger partial charge in [0.2, 0.25) is 11.8 Å². The van der Waals surface area contributed by atoms with E-state index in [0.29, 0.717) is 12.3 Å². The van der Waals surface area contributed by atoms with Gasteiger partial charge in [-0.15, -0.1) is 11.8 Å². The number of hydrogen-bond donors (Lipinski definition) is 2. The molecule has 1 aromatic carbocycles. The fraction of sp³-hybridized carbons (Fsp3) is 0.385. The highest BCUT2D eigenvalue weighted by molar-refractivity contribution is 9.10. The highest BCUT2D eigenvalue weighted by Gasteiger charge is 2.07. The Morgan fingerprint density at radius 1 is 1.26 bits per heavy atom. The molecule has 1 aromatic rings. The van der Waals surface area contributed by atoms with Crippen molar-refractivity contribution >= 4 is 39.5 Å². The van der Waals surface area contributed by atoms with E-state index in [1.807, 2.05) is 32.0 Å². The summed E-state index contributed by atoms with van der Waals surface area (Å²) in [6.07, 6.45) is 0. The molecule has 0 bridgehead atoms. The maximum atomic E-state index is 11.6. The van der Waals surface area contributed by atoms with Crippen LogP contribution in [-0.4, -0.2) is 30.7 Å². The van der Waals surface area contributed by atoms with Crippen molar-refractivity contribution in [1.29, 1.82) is 0 Å². The standard InChI is InChI=1S/C13H17BrN2O2S/c1-3-15-12(17)7-16-13(18)8-19-11-5-4-10(14)6-9(11)2/h4-6H,3,7-8H2,1-2H3,(H,15,17)(H,16,18). The van der Waals surface area contributed by atoms with Crippen LogP contribution in [0.4, 0.5) is 0 Å². The number of hydrogen-bond acceptors (Lipinski definition) is 3. The monoisotopic (exact) mass is 344 g/mol. The summed E-state index contributed by atoms with van der Waals surface area (Å²) in [5, 5.41) is 5.21. The Morgan fingerprint density at radius 2 is 2.00 bits per heavy atom. The molecule has 0 aliphatic rings. The van der Waals surface area contributed by atoms with Crippen molar-refractivity contribution in [2.45, 2.75) is 18.7 Å². The van der Waals surface area contributed by atoms with Gasteiger partial charge in [0.15, 0.2) is 0 Å². The lowest BCUT2D eigenvalue weighted by atomic mass is 10.2. The number of likely N-dealkylation sites (N-methyl/N-ethyl adjacent to an activating group) is 1. The van der Waals surface area contributed by atoms with Crippen LogP contribution >= 0.6 is 27.7 Å². The van der Waals surface area contributed by atoms with Crippen LogP contribution in [0.1, 0.15) is 12.5 Å². The minimum absolute atomic E-state index is 0.0343. The van der Waals surface area contributed by atoms with E-state index in [2.05, 4.69) is 26.6 Å². The summed E-state index contributed by atoms with van der Waals surface area (Å²) in [5.41, 5.74) is 1.12. The minimum Gasteiger partial charge on any atom is -0.355 e. The summed E-state index contributed by atoms with van der Waals surface area (Å²) in [4.78, 5) is 23.8. The average molecular weight is 345 g/mol. The summed E-state index contributed by atoms with van der Waals surface area (Å²) in [6, 6.07) is 5.93. The molecule has 2 N–H and O–H groups in total. The van der Waals surface area contributed by atoms with Crippen LogP contribution in [0.3, 0.4) is 0 Å². The normalized spacial score (nSPS) is 10.1. The third-order valence-corrected chi connectivity index (χ3v) is 3.98. The van der Waals surface area contributed by atoms with Gasteiger partial charge in [0.25, 0.3) is 0 Å². The number of aryl methyl sites for hydroxylation is 1. The Morgan fingerprint density at radius 3 is 2.63 bits per heavy atom. The molecule has 4 nitrogen and oxygen atoms in total. The first-order valence-corrected chi connectivity index (χ1v) is 7.73. The smallest absolute Gasteiger partial charge is 0.239 e. The number of thioether (sulfide) groups is 1. The van der Waals surface area contributed by atoms with E-state index in [1.165, 1.54) is 11.8 Å². The first-order valence-electron chi connectivity index (χ1n) is 5.95. The second kappa shape index (κ2) is 8.22. The Labute approximate surface area is 125 Å². The molecular formula is C13H17BrN2O2S. The molecule has 2 amide bonds. The number of halogens is 1. The Balaban J connectivity index is 2.36. The van der Waals surface area contributed by atoms with Gasteiger partial charge in [-0.2, -0.15) is 0 Å². The zero-order valence-electron chi connectivity index (χ0n) is 11.0. The topological polar surface area (TPSA) is 58.2 Å². The molecular weight excluding hydrogens is 328 g/mol. The molecule has 6 heteroatoms. The van der Waals surface area contributed by atoms with E-state index in [0.717, 1.165) is 14.9 Å². The molecule has 19 heavy (non-hydrogen) atoms. The number of benzene rings is 1. The molecule has 0 atom stereocenters. The molecule has 0 radical (unpaired) electrons. The molecule has 0 fully saturated rings. The summed E-state index contributed by atoms with van der Waals surface area (Å²) >= 11 is 4.86. The third-order valence-electron chi connectivity index (χ3n) is 2.32. The number of rotatable bonds is 6. The summed E-state index contributed by atoms with van der Waals surface area (Å²) < 4.78 is 1.02. The zero-order valence-corrected chi connectivity index (χ0v) is 13.4. The van der Waals surface area contributed by atoms with Gasteiger partial charge in [-0.3, -0.25) is 9.59 Å². The number of amides is 2. The van der Waals surface area contributed by atoms with Crippen molar-refractivity contribution in [3.63, 3.8) is 0 Å². The molecule has 0 spiro atoms. The molecule has 1 rings (SSSR count). The van der Waals surface area contributed by atoms with Crippen LogP contribution in [0, 0.1) is 6.92 Å². The van der Waals surface area contributed by atoms with Crippen molar-refractivity contribution in [2.75, 3.05) is 18.8 Å². The lowest BCUT2D eigenvalue weighted by Gasteiger charge is -2.07. The number of carbonyl (C=O) groups is 2. The second-order valence-electron chi connectivity index (χ2n) is 3.93. The molecule has 0 saturated heterocycles. The maximum Gasteiger partial charge on any atom is 0.239 e. The molecule has 0 heterocycles. The van der Waals surface area contributed by atoms with Gasteiger partial charge in [0, 0.05) is 15.9 Å². The van der Waals surface area contributed by atoms with Gasteiger partial charge < -0.3 is 10.6 Å². The van der Waals surface area contributed by atoms with Gasteiger partial charge in [-0.25, -0.2) is 0 Å². The van der Waals surface area contributed by atoms with Crippen LogP contribution < -0.4 is 10.6 Å². The van der Waals surface area contributed by atoms with Crippen molar-refractivity contribution < 1.29 is 9.59 Å². The van der Waals surface area contributed by atoms with Crippen LogP contribution in [0.25, 0.3) is 0 Å². The Bertz CT molecular complexity index is 466. The largest absolute Gasteiger partial charge is 0.355 e. The maximum absolute atomic E-state index is 11.6. The molecule has 0 aliphatic heterocycles. The molecule has 0 aliphatic carbocycles. The van der Waals surface area contributed by atoms with E-state index in [-0.39, 0.29) is 18.4 Å². The van der Waals surface area contributed by atoms with Gasteiger partial charge in [-0.1, -0.05) is 15.9 Å². The van der Waals surface area contributed by atoms with Crippen LogP contribution in [0.5, 0.6) is 0 Å². The first-order chi connectivity index (χ1) is 9.02. The molecule has 0 saturated carbocycles. The van der Waals surface area contributed by atoms with E-state index in [9.17, 15) is 9.59 Å². The summed E-state index contributed by atoms with van der Waals surface area (Å²) in [6.45, 7) is 4.44. The highest BCUT2D eigenvalue weighted by Crippen LogP contribution is 2.24. The van der Waals surface area contributed by atoms with Crippen molar-refractivity contribution in [1.82, 2.24) is 10.6 Å². The summed E-state index contributed by atoms with van der Waals surface area (Å²) in [5.74, 6) is 0.00116. The van der Waals surface area contributed by atoms with Crippen molar-refractivity contribution in [3.8, 4) is 0 Å².